The number of amides is 1. The second-order valence-corrected chi connectivity index (χ2v) is 6.62. The molecule has 5 nitrogen and oxygen atoms in total. The molecule has 0 radical (unpaired) electrons. The summed E-state index contributed by atoms with van der Waals surface area (Å²) < 4.78 is 10.6. The Bertz CT molecular complexity index is 829. The second-order valence-electron chi connectivity index (χ2n) is 6.62. The van der Waals surface area contributed by atoms with Gasteiger partial charge in [0.1, 0.15) is 11.5 Å². The Morgan fingerprint density at radius 2 is 1.70 bits per heavy atom. The zero-order chi connectivity index (χ0) is 20.0. The molecule has 1 atom stereocenters. The number of ketones is 1. The minimum absolute atomic E-state index is 0.0279. The Kier molecular flexibility index (Phi) is 6.99. The number of benzene rings is 2. The molecule has 0 aliphatic carbocycles. The van der Waals surface area contributed by atoms with E-state index in [0.29, 0.717) is 17.1 Å². The number of carbonyl (C=O) groups is 2. The van der Waals surface area contributed by atoms with Gasteiger partial charge in [-0.1, -0.05) is 12.1 Å². The minimum atomic E-state index is -0.265. The first-order chi connectivity index (χ1) is 12.8. The van der Waals surface area contributed by atoms with Gasteiger partial charge in [0, 0.05) is 24.0 Å². The van der Waals surface area contributed by atoms with E-state index in [-0.39, 0.29) is 30.6 Å². The van der Waals surface area contributed by atoms with Crippen molar-refractivity contribution in [3.05, 3.63) is 58.7 Å². The highest BCUT2D eigenvalue weighted by molar-refractivity contribution is 5.98. The molecule has 0 heterocycles. The van der Waals surface area contributed by atoms with Crippen molar-refractivity contribution in [3.8, 4) is 11.5 Å². The number of aryl methyl sites for hydroxylation is 2. The zero-order valence-corrected chi connectivity index (χ0v) is 16.6. The fraction of sp³-hybridized carbons (Fsp3) is 0.364. The number of Topliss-reactive ketones (excluding diaryl/α,β-unsaturated/α-hetero) is 1. The Morgan fingerprint density at radius 1 is 0.963 bits per heavy atom. The van der Waals surface area contributed by atoms with Crippen molar-refractivity contribution in [2.45, 2.75) is 39.7 Å². The van der Waals surface area contributed by atoms with Crippen LogP contribution in [0.15, 0.2) is 36.4 Å². The van der Waals surface area contributed by atoms with Gasteiger partial charge in [-0.15, -0.1) is 0 Å². The van der Waals surface area contributed by atoms with Crippen LogP contribution in [-0.4, -0.2) is 25.9 Å². The van der Waals surface area contributed by atoms with Gasteiger partial charge in [-0.05, 0) is 56.2 Å². The molecule has 2 aromatic rings. The van der Waals surface area contributed by atoms with Crippen LogP contribution < -0.4 is 14.8 Å². The van der Waals surface area contributed by atoms with Crippen molar-refractivity contribution in [3.63, 3.8) is 0 Å². The summed E-state index contributed by atoms with van der Waals surface area (Å²) in [5, 5.41) is 2.92. The van der Waals surface area contributed by atoms with Crippen molar-refractivity contribution in [2.24, 2.45) is 0 Å². The van der Waals surface area contributed by atoms with Crippen molar-refractivity contribution in [1.82, 2.24) is 5.32 Å². The lowest BCUT2D eigenvalue weighted by Crippen LogP contribution is -2.27. The predicted molar refractivity (Wildman–Crippen MR) is 106 cm³/mol. The summed E-state index contributed by atoms with van der Waals surface area (Å²) in [7, 11) is 3.18. The zero-order valence-electron chi connectivity index (χ0n) is 16.6. The van der Waals surface area contributed by atoms with Crippen LogP contribution in [0.3, 0.4) is 0 Å². The summed E-state index contributed by atoms with van der Waals surface area (Å²) in [6, 6.07) is 10.8. The molecule has 144 valence electrons. The SMILES string of the molecule is COc1ccc(OC)c([C@@H](C)NC(=O)CCC(=O)c2ccc(C)c(C)c2)c1. The normalized spacial score (nSPS) is 11.6. The lowest BCUT2D eigenvalue weighted by molar-refractivity contribution is -0.121. The van der Waals surface area contributed by atoms with Gasteiger partial charge in [0.25, 0.3) is 0 Å². The van der Waals surface area contributed by atoms with Gasteiger partial charge in [-0.2, -0.15) is 0 Å². The van der Waals surface area contributed by atoms with E-state index in [2.05, 4.69) is 5.32 Å². The number of hydrogen-bond acceptors (Lipinski definition) is 4. The summed E-state index contributed by atoms with van der Waals surface area (Å²) in [6.07, 6.45) is 0.318. The summed E-state index contributed by atoms with van der Waals surface area (Å²) in [5.41, 5.74) is 3.69. The maximum Gasteiger partial charge on any atom is 0.220 e. The molecule has 0 spiro atoms. The van der Waals surface area contributed by atoms with Crippen molar-refractivity contribution in [1.29, 1.82) is 0 Å². The monoisotopic (exact) mass is 369 g/mol. The molecule has 5 heteroatoms. The molecule has 0 bridgehead atoms. The van der Waals surface area contributed by atoms with Crippen LogP contribution in [0, 0.1) is 13.8 Å². The van der Waals surface area contributed by atoms with Crippen molar-refractivity contribution < 1.29 is 19.1 Å². The predicted octanol–water partition coefficient (Wildman–Crippen LogP) is 4.16. The summed E-state index contributed by atoms with van der Waals surface area (Å²) in [5.74, 6) is 1.16. The number of rotatable bonds is 8. The van der Waals surface area contributed by atoms with Crippen LogP contribution in [0.1, 0.15) is 52.9 Å². The van der Waals surface area contributed by atoms with Crippen molar-refractivity contribution in [2.75, 3.05) is 14.2 Å². The fourth-order valence-corrected chi connectivity index (χ4v) is 2.86. The standard InChI is InChI=1S/C22H27NO4/c1-14-6-7-17(12-15(14)2)20(24)9-11-22(25)23-16(3)19-13-18(26-4)8-10-21(19)27-5/h6-8,10,12-13,16H,9,11H2,1-5H3,(H,23,25)/t16-/m1/s1. The molecule has 0 unspecified atom stereocenters. The van der Waals surface area contributed by atoms with Gasteiger partial charge in [0.05, 0.1) is 20.3 Å². The number of ether oxygens (including phenoxy) is 2. The van der Waals surface area contributed by atoms with E-state index in [9.17, 15) is 9.59 Å². The highest BCUT2D eigenvalue weighted by atomic mass is 16.5. The Labute approximate surface area is 160 Å². The topological polar surface area (TPSA) is 64.6 Å². The average Bonchev–Trinajstić information content (AvgIpc) is 2.67. The van der Waals surface area contributed by atoms with Crippen molar-refractivity contribution >= 4 is 11.7 Å². The van der Waals surface area contributed by atoms with Gasteiger partial charge in [0.15, 0.2) is 5.78 Å². The second kappa shape index (κ2) is 9.21. The number of hydrogen-bond donors (Lipinski definition) is 1. The van der Waals surface area contributed by atoms with Crippen LogP contribution in [-0.2, 0) is 4.79 Å². The lowest BCUT2D eigenvalue weighted by Gasteiger charge is -2.18. The van der Waals surface area contributed by atoms with E-state index in [0.717, 1.165) is 16.7 Å². The summed E-state index contributed by atoms with van der Waals surface area (Å²) in [6.45, 7) is 5.85. The molecule has 0 saturated heterocycles. The van der Waals surface area contributed by atoms with Gasteiger partial charge in [-0.3, -0.25) is 9.59 Å². The Balaban J connectivity index is 1.97. The van der Waals surface area contributed by atoms with Crippen LogP contribution >= 0.6 is 0 Å². The molecule has 0 saturated carbocycles. The van der Waals surface area contributed by atoms with Gasteiger partial charge in [-0.25, -0.2) is 0 Å². The number of carbonyl (C=O) groups excluding carboxylic acids is 2. The quantitative estimate of drug-likeness (QED) is 0.710. The number of nitrogens with one attached hydrogen (secondary N) is 1. The van der Waals surface area contributed by atoms with Gasteiger partial charge in [0.2, 0.25) is 5.91 Å². The lowest BCUT2D eigenvalue weighted by atomic mass is 10.0. The van der Waals surface area contributed by atoms with E-state index >= 15 is 0 Å². The Morgan fingerprint density at radius 3 is 2.33 bits per heavy atom. The Hall–Kier alpha value is -2.82. The van der Waals surface area contributed by atoms with Crippen LogP contribution in [0.2, 0.25) is 0 Å². The minimum Gasteiger partial charge on any atom is -0.497 e. The largest absolute Gasteiger partial charge is 0.497 e. The molecule has 27 heavy (non-hydrogen) atoms. The smallest absolute Gasteiger partial charge is 0.220 e. The molecule has 1 N–H and O–H groups in total. The van der Waals surface area contributed by atoms with E-state index in [4.69, 9.17) is 9.47 Å². The summed E-state index contributed by atoms with van der Waals surface area (Å²) in [4.78, 5) is 24.6. The first-order valence-corrected chi connectivity index (χ1v) is 8.97. The molecule has 2 rings (SSSR count). The molecule has 2 aromatic carbocycles. The van der Waals surface area contributed by atoms with E-state index in [1.54, 1.807) is 26.4 Å². The van der Waals surface area contributed by atoms with Crippen LogP contribution in [0.25, 0.3) is 0 Å². The molecule has 1 amide bonds. The highest BCUT2D eigenvalue weighted by Gasteiger charge is 2.16. The molecule has 0 aliphatic heterocycles. The van der Waals surface area contributed by atoms with E-state index in [1.165, 1.54) is 0 Å². The summed E-state index contributed by atoms with van der Waals surface area (Å²) >= 11 is 0. The van der Waals surface area contributed by atoms with Gasteiger partial charge < -0.3 is 14.8 Å². The third kappa shape index (κ3) is 5.33. The molecule has 0 fully saturated rings. The first kappa shape index (κ1) is 20.5. The fourth-order valence-electron chi connectivity index (χ4n) is 2.86. The third-order valence-electron chi connectivity index (χ3n) is 4.69. The molecule has 0 aromatic heterocycles. The molecule has 0 aliphatic rings. The van der Waals surface area contributed by atoms with Crippen LogP contribution in [0.5, 0.6) is 11.5 Å². The highest BCUT2D eigenvalue weighted by Crippen LogP contribution is 2.29. The molecular formula is C22H27NO4. The van der Waals surface area contributed by atoms with Gasteiger partial charge >= 0.3 is 0 Å². The van der Waals surface area contributed by atoms with E-state index < -0.39 is 0 Å². The van der Waals surface area contributed by atoms with Crippen LogP contribution in [0.4, 0.5) is 0 Å². The molecular weight excluding hydrogens is 342 g/mol. The maximum absolute atomic E-state index is 12.3. The maximum atomic E-state index is 12.3. The number of methoxy groups -OCH3 is 2. The van der Waals surface area contributed by atoms with E-state index in [1.807, 2.05) is 45.0 Å². The average molecular weight is 369 g/mol. The third-order valence-corrected chi connectivity index (χ3v) is 4.69. The first-order valence-electron chi connectivity index (χ1n) is 8.97.